The SMILES string of the molecule is O=C1Nc2ccc(F)cc2CN1CC(=O)N1C[C@@H]2C[C@H]1C=C2c1ccccc1C(F)(F)F. The van der Waals surface area contributed by atoms with Crippen molar-refractivity contribution in [1.82, 2.24) is 9.80 Å². The number of amides is 3. The number of rotatable bonds is 3. The van der Waals surface area contributed by atoms with Gasteiger partial charge in [-0.05, 0) is 47.4 Å². The number of likely N-dealkylation sites (tertiary alicyclic amines) is 1. The first-order valence-electron chi connectivity index (χ1n) is 10.2. The summed E-state index contributed by atoms with van der Waals surface area (Å²) in [6.45, 7) is 0.224. The summed E-state index contributed by atoms with van der Waals surface area (Å²) >= 11 is 0. The third-order valence-corrected chi connectivity index (χ3v) is 6.30. The van der Waals surface area contributed by atoms with Crippen molar-refractivity contribution in [2.45, 2.75) is 25.2 Å². The molecule has 0 saturated carbocycles. The normalized spacial score (nSPS) is 22.0. The number of benzene rings is 2. The molecule has 2 heterocycles. The summed E-state index contributed by atoms with van der Waals surface area (Å²) in [6, 6.07) is 8.78. The molecule has 1 fully saturated rings. The molecule has 0 spiro atoms. The molecule has 1 saturated heterocycles. The summed E-state index contributed by atoms with van der Waals surface area (Å²) in [7, 11) is 0. The molecular weight excluding hydrogens is 426 g/mol. The Kier molecular flexibility index (Phi) is 4.72. The molecule has 0 unspecified atom stereocenters. The summed E-state index contributed by atoms with van der Waals surface area (Å²) in [6.07, 6.45) is -2.16. The van der Waals surface area contributed by atoms with E-state index in [0.29, 0.717) is 29.8 Å². The number of anilines is 1. The van der Waals surface area contributed by atoms with E-state index in [4.69, 9.17) is 0 Å². The lowest BCUT2D eigenvalue weighted by Crippen LogP contribution is -2.47. The lowest BCUT2D eigenvalue weighted by Gasteiger charge is -2.32. The standard InChI is InChI=1S/C23H19F4N3O2/c24-15-5-6-20-14(7-15)10-29(22(32)28-20)12-21(31)30-11-13-8-16(30)9-18(13)17-3-1-2-4-19(17)23(25,26)27/h1-7,9,13,16H,8,10-12H2,(H,28,32)/t13-,16-/m0/s1. The molecule has 2 aromatic carbocycles. The second kappa shape index (κ2) is 7.36. The predicted molar refractivity (Wildman–Crippen MR) is 109 cm³/mol. The largest absolute Gasteiger partial charge is 0.416 e. The van der Waals surface area contributed by atoms with Crippen LogP contribution < -0.4 is 5.32 Å². The Labute approximate surface area is 181 Å². The topological polar surface area (TPSA) is 52.7 Å². The smallest absolute Gasteiger partial charge is 0.334 e. The predicted octanol–water partition coefficient (Wildman–Crippen LogP) is 4.51. The minimum absolute atomic E-state index is 0.104. The molecule has 0 radical (unpaired) electrons. The Bertz CT molecular complexity index is 1140. The summed E-state index contributed by atoms with van der Waals surface area (Å²) in [5.41, 5.74) is 1.19. The van der Waals surface area contributed by atoms with Gasteiger partial charge in [-0.25, -0.2) is 9.18 Å². The van der Waals surface area contributed by atoms with E-state index in [1.807, 2.05) is 0 Å². The molecular formula is C23H19F4N3O2. The molecule has 2 aromatic rings. The highest BCUT2D eigenvalue weighted by atomic mass is 19.4. The van der Waals surface area contributed by atoms with Crippen molar-refractivity contribution in [3.8, 4) is 0 Å². The van der Waals surface area contributed by atoms with Gasteiger partial charge in [-0.2, -0.15) is 13.2 Å². The fraction of sp³-hybridized carbons (Fsp3) is 0.304. The number of nitrogens with zero attached hydrogens (tertiary/aromatic N) is 2. The number of hydrogen-bond acceptors (Lipinski definition) is 2. The zero-order valence-electron chi connectivity index (χ0n) is 16.8. The molecule has 2 atom stereocenters. The van der Waals surface area contributed by atoms with Gasteiger partial charge >= 0.3 is 12.2 Å². The van der Waals surface area contributed by atoms with Crippen molar-refractivity contribution < 1.29 is 27.2 Å². The zero-order valence-corrected chi connectivity index (χ0v) is 16.8. The lowest BCUT2D eigenvalue weighted by atomic mass is 9.91. The number of nitrogens with one attached hydrogen (secondary N) is 1. The average molecular weight is 445 g/mol. The van der Waals surface area contributed by atoms with Gasteiger partial charge in [-0.3, -0.25) is 4.79 Å². The van der Waals surface area contributed by atoms with Gasteiger partial charge in [-0.15, -0.1) is 0 Å². The second-order valence-electron chi connectivity index (χ2n) is 8.30. The van der Waals surface area contributed by atoms with Gasteiger partial charge in [0.25, 0.3) is 0 Å². The van der Waals surface area contributed by atoms with Crippen LogP contribution in [0, 0.1) is 11.7 Å². The molecule has 3 aliphatic rings. The molecule has 9 heteroatoms. The van der Waals surface area contributed by atoms with Gasteiger partial charge in [0.1, 0.15) is 12.4 Å². The minimum Gasteiger partial charge on any atom is -0.334 e. The average Bonchev–Trinajstić information content (AvgIpc) is 3.35. The van der Waals surface area contributed by atoms with Crippen molar-refractivity contribution in [2.24, 2.45) is 5.92 Å². The van der Waals surface area contributed by atoms with Gasteiger partial charge in [-0.1, -0.05) is 24.3 Å². The van der Waals surface area contributed by atoms with Crippen molar-refractivity contribution in [1.29, 1.82) is 0 Å². The Morgan fingerprint density at radius 1 is 1.16 bits per heavy atom. The van der Waals surface area contributed by atoms with E-state index in [9.17, 15) is 27.2 Å². The monoisotopic (exact) mass is 445 g/mol. The van der Waals surface area contributed by atoms with Gasteiger partial charge in [0, 0.05) is 18.2 Å². The highest BCUT2D eigenvalue weighted by molar-refractivity contribution is 5.95. The van der Waals surface area contributed by atoms with Crippen LogP contribution in [0.3, 0.4) is 0 Å². The van der Waals surface area contributed by atoms with Crippen LogP contribution in [0.25, 0.3) is 5.57 Å². The number of carbonyl (C=O) groups is 2. The molecule has 1 N–H and O–H groups in total. The van der Waals surface area contributed by atoms with Crippen LogP contribution in [0.15, 0.2) is 48.5 Å². The molecule has 166 valence electrons. The number of halogens is 4. The van der Waals surface area contributed by atoms with E-state index < -0.39 is 23.6 Å². The first kappa shape index (κ1) is 20.5. The van der Waals surface area contributed by atoms with Gasteiger partial charge < -0.3 is 15.1 Å². The van der Waals surface area contributed by atoms with Crippen molar-refractivity contribution in [2.75, 3.05) is 18.4 Å². The van der Waals surface area contributed by atoms with E-state index in [0.717, 1.165) is 6.07 Å². The minimum atomic E-state index is -4.45. The second-order valence-corrected chi connectivity index (χ2v) is 8.30. The quantitative estimate of drug-likeness (QED) is 0.707. The molecule has 5 nitrogen and oxygen atoms in total. The highest BCUT2D eigenvalue weighted by Gasteiger charge is 2.44. The molecule has 32 heavy (non-hydrogen) atoms. The van der Waals surface area contributed by atoms with Crippen molar-refractivity contribution in [3.63, 3.8) is 0 Å². The van der Waals surface area contributed by atoms with E-state index >= 15 is 0 Å². The van der Waals surface area contributed by atoms with Crippen LogP contribution in [-0.4, -0.2) is 40.9 Å². The third-order valence-electron chi connectivity index (χ3n) is 6.30. The molecule has 2 bridgehead atoms. The maximum atomic E-state index is 13.5. The van der Waals surface area contributed by atoms with Crippen LogP contribution in [0.2, 0.25) is 0 Å². The maximum Gasteiger partial charge on any atom is 0.416 e. The van der Waals surface area contributed by atoms with Crippen LogP contribution in [-0.2, 0) is 17.5 Å². The van der Waals surface area contributed by atoms with E-state index in [1.165, 1.54) is 35.2 Å². The fourth-order valence-electron chi connectivity index (χ4n) is 4.84. The van der Waals surface area contributed by atoms with Crippen LogP contribution in [0.5, 0.6) is 0 Å². The number of fused-ring (bicyclic) bond motifs is 3. The summed E-state index contributed by atoms with van der Waals surface area (Å²) in [5.74, 6) is -0.899. The summed E-state index contributed by atoms with van der Waals surface area (Å²) < 4.78 is 53.8. The number of carbonyl (C=O) groups excluding carboxylic acids is 2. The fourth-order valence-corrected chi connectivity index (χ4v) is 4.84. The highest BCUT2D eigenvalue weighted by Crippen LogP contribution is 2.45. The Morgan fingerprint density at radius 2 is 1.94 bits per heavy atom. The molecule has 3 amide bonds. The van der Waals surface area contributed by atoms with Gasteiger partial charge in [0.15, 0.2) is 0 Å². The summed E-state index contributed by atoms with van der Waals surface area (Å²) in [4.78, 5) is 28.2. The zero-order chi connectivity index (χ0) is 22.6. The maximum absolute atomic E-state index is 13.5. The summed E-state index contributed by atoms with van der Waals surface area (Å²) in [5, 5.41) is 2.65. The van der Waals surface area contributed by atoms with Crippen LogP contribution >= 0.6 is 0 Å². The Balaban J connectivity index is 1.31. The lowest BCUT2D eigenvalue weighted by molar-refractivity contribution is -0.138. The number of alkyl halides is 3. The first-order chi connectivity index (χ1) is 15.2. The molecule has 2 aliphatic heterocycles. The van der Waals surface area contributed by atoms with Gasteiger partial charge in [0.2, 0.25) is 5.91 Å². The number of hydrogen-bond donors (Lipinski definition) is 1. The van der Waals surface area contributed by atoms with Gasteiger partial charge in [0.05, 0.1) is 18.2 Å². The third kappa shape index (κ3) is 3.51. The van der Waals surface area contributed by atoms with Crippen molar-refractivity contribution >= 4 is 23.2 Å². The Hall–Kier alpha value is -3.36. The van der Waals surface area contributed by atoms with Crippen LogP contribution in [0.4, 0.5) is 28.0 Å². The number of urea groups is 1. The molecule has 1 aliphatic carbocycles. The first-order valence-corrected chi connectivity index (χ1v) is 10.2. The molecule has 5 rings (SSSR count). The Morgan fingerprint density at radius 3 is 2.66 bits per heavy atom. The van der Waals surface area contributed by atoms with E-state index in [1.54, 1.807) is 17.0 Å². The van der Waals surface area contributed by atoms with E-state index in [-0.39, 0.29) is 36.5 Å². The molecule has 0 aromatic heterocycles. The van der Waals surface area contributed by atoms with E-state index in [2.05, 4.69) is 5.32 Å². The van der Waals surface area contributed by atoms with Crippen LogP contribution in [0.1, 0.15) is 23.1 Å². The van der Waals surface area contributed by atoms with Crippen molar-refractivity contribution in [3.05, 3.63) is 71.0 Å².